The minimum Gasteiger partial charge on any atom is -0.464 e. The molecule has 2 heterocycles. The van der Waals surface area contributed by atoms with Crippen LogP contribution >= 0.6 is 23.5 Å². The topological polar surface area (TPSA) is 216 Å². The highest BCUT2D eigenvalue weighted by molar-refractivity contribution is 9.10. The molecule has 6 N–H and O–H groups in total. The number of rotatable bonds is 7. The number of anilines is 1. The first-order chi connectivity index (χ1) is 14.0. The number of nitrogens with zero attached hydrogens (tertiary/aromatic N) is 5. The van der Waals surface area contributed by atoms with Gasteiger partial charge < -0.3 is 35.2 Å². The number of ether oxygens (including phenoxy) is 2. The number of carbonyl (C=O) groups is 1. The molecule has 1 fully saturated rings. The Kier molecular flexibility index (Phi) is 6.72. The summed E-state index contributed by atoms with van der Waals surface area (Å²) in [7, 11) is -4.97. The number of aliphatic hydroxyl groups is 2. The Bertz CT molecular complexity index is 985. The van der Waals surface area contributed by atoms with E-state index >= 15 is 0 Å². The van der Waals surface area contributed by atoms with Crippen LogP contribution in [-0.4, -0.2) is 82.2 Å². The lowest BCUT2D eigenvalue weighted by molar-refractivity contribution is -0.153. The van der Waals surface area contributed by atoms with Gasteiger partial charge in [-0.15, -0.1) is 5.10 Å². The molecular weight excluding hydrogens is 491 g/mol. The molecule has 0 radical (unpaired) electrons. The van der Waals surface area contributed by atoms with Gasteiger partial charge in [0, 0.05) is 5.92 Å². The summed E-state index contributed by atoms with van der Waals surface area (Å²) in [4.78, 5) is 38.6. The molecule has 0 bridgehead atoms. The highest BCUT2D eigenvalue weighted by Crippen LogP contribution is 2.44. The maximum atomic E-state index is 11.8. The standard InChI is InChI=1S/C14H20BrN6O8P/c1-2-28-12(24)13(30(25,26)27)29-4-5-3-6(9(23)8(5)22)21-11-7(19-20-21)10(16)17-14(15)18-11/h5-6,8-9,13,22-23H,2-4H2,1H3,(H2,16,17,18)(H2,25,26,27)/t5-,6-,8-,9+,13?/m1/s1. The fraction of sp³-hybridized carbons (Fsp3) is 0.643. The van der Waals surface area contributed by atoms with Crippen LogP contribution < -0.4 is 5.73 Å². The van der Waals surface area contributed by atoms with Crippen LogP contribution in [0.4, 0.5) is 5.82 Å². The van der Waals surface area contributed by atoms with E-state index in [1.807, 2.05) is 0 Å². The molecule has 0 aromatic carbocycles. The lowest BCUT2D eigenvalue weighted by Crippen LogP contribution is -2.33. The molecule has 1 unspecified atom stereocenters. The summed E-state index contributed by atoms with van der Waals surface area (Å²) in [5.74, 6) is -4.04. The predicted molar refractivity (Wildman–Crippen MR) is 103 cm³/mol. The minimum atomic E-state index is -4.97. The molecule has 16 heteroatoms. The Labute approximate surface area is 177 Å². The number of nitrogen functional groups attached to an aromatic ring is 1. The molecule has 0 spiro atoms. The summed E-state index contributed by atoms with van der Waals surface area (Å²) in [6, 6.07) is -0.782. The number of aliphatic hydroxyl groups excluding tert-OH is 2. The van der Waals surface area contributed by atoms with E-state index in [0.717, 1.165) is 0 Å². The van der Waals surface area contributed by atoms with Crippen molar-refractivity contribution in [2.75, 3.05) is 18.9 Å². The van der Waals surface area contributed by atoms with Crippen LogP contribution in [0.5, 0.6) is 0 Å². The van der Waals surface area contributed by atoms with E-state index in [1.54, 1.807) is 0 Å². The monoisotopic (exact) mass is 510 g/mol. The van der Waals surface area contributed by atoms with Crippen molar-refractivity contribution in [1.29, 1.82) is 0 Å². The Hall–Kier alpha value is -1.74. The summed E-state index contributed by atoms with van der Waals surface area (Å²) >= 11 is 3.11. The molecule has 0 amide bonds. The van der Waals surface area contributed by atoms with Crippen LogP contribution in [0.25, 0.3) is 11.2 Å². The number of hydrogen-bond donors (Lipinski definition) is 5. The number of hydrogen-bond acceptors (Lipinski definition) is 11. The third-order valence-electron chi connectivity index (χ3n) is 4.67. The molecule has 0 saturated heterocycles. The van der Waals surface area contributed by atoms with Crippen molar-refractivity contribution in [3.63, 3.8) is 0 Å². The summed E-state index contributed by atoms with van der Waals surface area (Å²) < 4.78 is 22.8. The van der Waals surface area contributed by atoms with E-state index in [0.29, 0.717) is 0 Å². The van der Waals surface area contributed by atoms with Gasteiger partial charge >= 0.3 is 13.6 Å². The lowest BCUT2D eigenvalue weighted by Gasteiger charge is -2.21. The van der Waals surface area contributed by atoms with Gasteiger partial charge in [0.25, 0.3) is 5.85 Å². The third-order valence-corrected chi connectivity index (χ3v) is 6.00. The molecule has 1 saturated carbocycles. The first kappa shape index (κ1) is 22.9. The van der Waals surface area contributed by atoms with Gasteiger partial charge in [-0.05, 0) is 29.3 Å². The Balaban J connectivity index is 1.79. The highest BCUT2D eigenvalue weighted by Gasteiger charge is 2.46. The zero-order valence-corrected chi connectivity index (χ0v) is 18.0. The van der Waals surface area contributed by atoms with Gasteiger partial charge in [-0.2, -0.15) is 0 Å². The van der Waals surface area contributed by atoms with Crippen molar-refractivity contribution in [2.24, 2.45) is 5.92 Å². The Morgan fingerprint density at radius 1 is 1.37 bits per heavy atom. The molecule has 2 aromatic heterocycles. The summed E-state index contributed by atoms with van der Waals surface area (Å²) in [6.07, 6.45) is -2.54. The van der Waals surface area contributed by atoms with E-state index in [2.05, 4.69) is 40.9 Å². The SMILES string of the molecule is CCOC(=O)C(OC[C@H]1C[C@@H](n2nnc3c(N)nc(Br)nc32)[C@H](O)[C@@H]1O)P(=O)(O)O. The highest BCUT2D eigenvalue weighted by atomic mass is 79.9. The second-order valence-corrected chi connectivity index (χ2v) is 9.01. The molecule has 1 aliphatic carbocycles. The zero-order chi connectivity index (χ0) is 22.2. The maximum absolute atomic E-state index is 11.8. The maximum Gasteiger partial charge on any atom is 0.365 e. The summed E-state index contributed by atoms with van der Waals surface area (Å²) in [5, 5.41) is 28.7. The molecule has 14 nitrogen and oxygen atoms in total. The van der Waals surface area contributed by atoms with Gasteiger partial charge in [0.2, 0.25) is 4.73 Å². The summed E-state index contributed by atoms with van der Waals surface area (Å²) in [6.45, 7) is 0.968. The largest absolute Gasteiger partial charge is 0.464 e. The fourth-order valence-corrected chi connectivity index (χ4v) is 4.27. The van der Waals surface area contributed by atoms with E-state index in [4.69, 9.17) is 10.5 Å². The van der Waals surface area contributed by atoms with Crippen LogP contribution in [0, 0.1) is 5.92 Å². The zero-order valence-electron chi connectivity index (χ0n) is 15.6. The van der Waals surface area contributed by atoms with E-state index in [1.165, 1.54) is 11.6 Å². The molecule has 30 heavy (non-hydrogen) atoms. The average molecular weight is 511 g/mol. The molecular formula is C14H20BrN6O8P. The van der Waals surface area contributed by atoms with Gasteiger partial charge in [0.15, 0.2) is 17.0 Å². The second-order valence-electron chi connectivity index (χ2n) is 6.66. The van der Waals surface area contributed by atoms with Gasteiger partial charge in [-0.1, -0.05) is 5.21 Å². The van der Waals surface area contributed by atoms with Gasteiger partial charge in [0.1, 0.15) is 6.10 Å². The van der Waals surface area contributed by atoms with Gasteiger partial charge in [-0.25, -0.2) is 19.4 Å². The van der Waals surface area contributed by atoms with Crippen molar-refractivity contribution in [2.45, 2.75) is 37.4 Å². The number of nitrogens with two attached hydrogens (primary N) is 1. The lowest BCUT2D eigenvalue weighted by atomic mass is 10.1. The number of carbonyl (C=O) groups excluding carboxylic acids is 1. The van der Waals surface area contributed by atoms with Crippen molar-refractivity contribution in [3.8, 4) is 0 Å². The van der Waals surface area contributed by atoms with Crippen LogP contribution in [0.3, 0.4) is 0 Å². The summed E-state index contributed by atoms with van der Waals surface area (Å²) in [5.41, 5.74) is 6.23. The predicted octanol–water partition coefficient (Wildman–Crippen LogP) is -1.07. The average Bonchev–Trinajstić information content (AvgIpc) is 3.17. The van der Waals surface area contributed by atoms with Crippen molar-refractivity contribution in [1.82, 2.24) is 25.0 Å². The molecule has 0 aliphatic heterocycles. The molecule has 5 atom stereocenters. The van der Waals surface area contributed by atoms with Crippen LogP contribution in [0.15, 0.2) is 4.73 Å². The minimum absolute atomic E-state index is 0.0740. The first-order valence-electron chi connectivity index (χ1n) is 8.78. The van der Waals surface area contributed by atoms with E-state index in [9.17, 15) is 29.4 Å². The van der Waals surface area contributed by atoms with Gasteiger partial charge in [0.05, 0.1) is 25.4 Å². The van der Waals surface area contributed by atoms with E-state index in [-0.39, 0.29) is 34.7 Å². The van der Waals surface area contributed by atoms with Gasteiger partial charge in [-0.3, -0.25) is 4.57 Å². The first-order valence-corrected chi connectivity index (χ1v) is 11.3. The van der Waals surface area contributed by atoms with Crippen LogP contribution in [0.1, 0.15) is 19.4 Å². The van der Waals surface area contributed by atoms with Crippen molar-refractivity contribution in [3.05, 3.63) is 4.73 Å². The smallest absolute Gasteiger partial charge is 0.365 e. The number of fused-ring (bicyclic) bond motifs is 1. The van der Waals surface area contributed by atoms with Crippen LogP contribution in [-0.2, 0) is 18.8 Å². The fourth-order valence-electron chi connectivity index (χ4n) is 3.28. The molecule has 3 rings (SSSR count). The quantitative estimate of drug-likeness (QED) is 0.170. The Morgan fingerprint density at radius 2 is 2.07 bits per heavy atom. The molecule has 1 aliphatic rings. The van der Waals surface area contributed by atoms with Crippen molar-refractivity contribution < 1.29 is 38.8 Å². The molecule has 166 valence electrons. The normalized spacial score (nSPS) is 25.5. The van der Waals surface area contributed by atoms with Crippen LogP contribution in [0.2, 0.25) is 0 Å². The number of aromatic nitrogens is 5. The van der Waals surface area contributed by atoms with Crippen molar-refractivity contribution >= 4 is 46.5 Å². The second kappa shape index (κ2) is 8.78. The number of esters is 1. The third kappa shape index (κ3) is 4.46. The van der Waals surface area contributed by atoms with E-state index < -0.39 is 50.2 Å². The molecule has 2 aromatic rings. The number of halogens is 1. The Morgan fingerprint density at radius 3 is 2.70 bits per heavy atom.